The lowest BCUT2D eigenvalue weighted by Gasteiger charge is -2.31. The van der Waals surface area contributed by atoms with E-state index in [4.69, 9.17) is 27.9 Å². The maximum absolute atomic E-state index is 11.8. The molecule has 1 aliphatic heterocycles. The molecule has 0 atom stereocenters. The number of hydrogen-bond donors (Lipinski definition) is 1. The maximum atomic E-state index is 11.8. The van der Waals surface area contributed by atoms with Crippen molar-refractivity contribution < 1.29 is 14.5 Å². The number of piperidine rings is 1. The fourth-order valence-corrected chi connectivity index (χ4v) is 3.43. The first kappa shape index (κ1) is 20.1. The number of halogens is 2. The molecule has 9 nitrogen and oxygen atoms in total. The van der Waals surface area contributed by atoms with Gasteiger partial charge < -0.3 is 15.0 Å². The van der Waals surface area contributed by atoms with Crippen molar-refractivity contribution in [1.29, 1.82) is 0 Å². The van der Waals surface area contributed by atoms with Crippen LogP contribution in [-0.2, 0) is 9.53 Å². The lowest BCUT2D eigenvalue weighted by Crippen LogP contribution is -2.37. The normalized spacial score (nSPS) is 14.6. The zero-order valence-corrected chi connectivity index (χ0v) is 16.4. The summed E-state index contributed by atoms with van der Waals surface area (Å²) in [5, 5.41) is 15.2. The molecule has 2 heterocycles. The fourth-order valence-electron chi connectivity index (χ4n) is 3.08. The van der Waals surface area contributed by atoms with Crippen LogP contribution >= 0.6 is 23.2 Å². The third-order valence-corrected chi connectivity index (χ3v) is 5.34. The summed E-state index contributed by atoms with van der Waals surface area (Å²) in [7, 11) is 1.35. The first-order valence-electron chi connectivity index (χ1n) is 8.45. The second kappa shape index (κ2) is 8.57. The molecular formula is C17H17Cl2N5O4. The summed E-state index contributed by atoms with van der Waals surface area (Å²) in [6.45, 7) is 0.879. The molecule has 0 unspecified atom stereocenters. The van der Waals surface area contributed by atoms with Gasteiger partial charge >= 0.3 is 11.7 Å². The first-order chi connectivity index (χ1) is 13.4. The summed E-state index contributed by atoms with van der Waals surface area (Å²) in [4.78, 5) is 32.8. The summed E-state index contributed by atoms with van der Waals surface area (Å²) in [5.41, 5.74) is 0.126. The molecule has 1 aromatic heterocycles. The van der Waals surface area contributed by atoms with Crippen molar-refractivity contribution in [1.82, 2.24) is 9.97 Å². The molecule has 1 aliphatic rings. The van der Waals surface area contributed by atoms with Gasteiger partial charge in [-0.2, -0.15) is 0 Å². The Morgan fingerprint density at radius 1 is 1.32 bits per heavy atom. The van der Waals surface area contributed by atoms with Gasteiger partial charge in [-0.05, 0) is 25.0 Å². The SMILES string of the molecule is COC(=O)C1CCN(c2ncnc(Nc3cccc(Cl)c3Cl)c2[N+](=O)[O-])CC1. The molecule has 1 N–H and O–H groups in total. The van der Waals surface area contributed by atoms with Crippen LogP contribution in [-0.4, -0.2) is 41.1 Å². The van der Waals surface area contributed by atoms with Crippen molar-refractivity contribution in [3.8, 4) is 0 Å². The molecule has 2 aromatic rings. The van der Waals surface area contributed by atoms with Crippen molar-refractivity contribution >= 4 is 52.2 Å². The number of aromatic nitrogens is 2. The van der Waals surface area contributed by atoms with Gasteiger partial charge in [0.05, 0.1) is 33.7 Å². The summed E-state index contributed by atoms with van der Waals surface area (Å²) in [5.74, 6) is -0.293. The van der Waals surface area contributed by atoms with Gasteiger partial charge in [-0.1, -0.05) is 29.3 Å². The third-order valence-electron chi connectivity index (χ3n) is 4.52. The summed E-state index contributed by atoms with van der Waals surface area (Å²) >= 11 is 12.2. The topological polar surface area (TPSA) is 110 Å². The predicted octanol–water partition coefficient (Wildman–Crippen LogP) is 3.82. The van der Waals surface area contributed by atoms with Crippen LogP contribution in [0.1, 0.15) is 12.8 Å². The van der Waals surface area contributed by atoms with E-state index in [1.165, 1.54) is 13.4 Å². The van der Waals surface area contributed by atoms with Crippen LogP contribution in [0.4, 0.5) is 23.0 Å². The highest BCUT2D eigenvalue weighted by Gasteiger charge is 2.32. The average molecular weight is 426 g/mol. The second-order valence-electron chi connectivity index (χ2n) is 6.16. The van der Waals surface area contributed by atoms with Gasteiger partial charge in [0.1, 0.15) is 6.33 Å². The van der Waals surface area contributed by atoms with Crippen molar-refractivity contribution in [3.05, 3.63) is 44.7 Å². The Hall–Kier alpha value is -2.65. The van der Waals surface area contributed by atoms with Crippen LogP contribution in [0.15, 0.2) is 24.5 Å². The number of rotatable bonds is 5. The molecular weight excluding hydrogens is 409 g/mol. The molecule has 11 heteroatoms. The Morgan fingerprint density at radius 2 is 2.04 bits per heavy atom. The molecule has 1 fully saturated rings. The molecule has 0 radical (unpaired) electrons. The number of nitrogens with one attached hydrogen (secondary N) is 1. The highest BCUT2D eigenvalue weighted by molar-refractivity contribution is 6.43. The molecule has 0 bridgehead atoms. The van der Waals surface area contributed by atoms with Crippen molar-refractivity contribution in [2.45, 2.75) is 12.8 Å². The average Bonchev–Trinajstić information content (AvgIpc) is 2.70. The number of hydrogen-bond acceptors (Lipinski definition) is 8. The van der Waals surface area contributed by atoms with Crippen LogP contribution < -0.4 is 10.2 Å². The minimum absolute atomic E-state index is 0.00857. The number of anilines is 3. The molecule has 0 saturated carbocycles. The molecule has 0 aliphatic carbocycles. The van der Waals surface area contributed by atoms with E-state index in [-0.39, 0.29) is 34.2 Å². The number of carbonyl (C=O) groups is 1. The van der Waals surface area contributed by atoms with E-state index in [2.05, 4.69) is 15.3 Å². The first-order valence-corrected chi connectivity index (χ1v) is 9.21. The minimum atomic E-state index is -0.539. The van der Waals surface area contributed by atoms with E-state index in [1.54, 1.807) is 23.1 Å². The van der Waals surface area contributed by atoms with Crippen LogP contribution in [0.25, 0.3) is 0 Å². The maximum Gasteiger partial charge on any atom is 0.353 e. The zero-order chi connectivity index (χ0) is 20.3. The van der Waals surface area contributed by atoms with Gasteiger partial charge in [0, 0.05) is 13.1 Å². The number of carbonyl (C=O) groups excluding carboxylic acids is 1. The van der Waals surface area contributed by atoms with Crippen LogP contribution in [0.5, 0.6) is 0 Å². The molecule has 0 spiro atoms. The van der Waals surface area contributed by atoms with E-state index in [9.17, 15) is 14.9 Å². The number of nitrogens with zero attached hydrogens (tertiary/aromatic N) is 4. The highest BCUT2D eigenvalue weighted by Crippen LogP contribution is 2.38. The Bertz CT molecular complexity index is 903. The van der Waals surface area contributed by atoms with Crippen LogP contribution in [0, 0.1) is 16.0 Å². The van der Waals surface area contributed by atoms with E-state index in [1.807, 2.05) is 0 Å². The number of ether oxygens (including phenoxy) is 1. The van der Waals surface area contributed by atoms with Crippen LogP contribution in [0.3, 0.4) is 0 Å². The molecule has 148 valence electrons. The van der Waals surface area contributed by atoms with Gasteiger partial charge in [0.15, 0.2) is 0 Å². The number of nitro groups is 1. The standard InChI is InChI=1S/C17H17Cl2N5O4/c1-28-17(25)10-5-7-23(8-6-10)16-14(24(26)27)15(20-9-21-16)22-12-4-2-3-11(18)13(12)19/h2-4,9-10H,5-8H2,1H3,(H,20,21,22). The van der Waals surface area contributed by atoms with Crippen molar-refractivity contribution in [3.63, 3.8) is 0 Å². The van der Waals surface area contributed by atoms with Crippen molar-refractivity contribution in [2.24, 2.45) is 5.92 Å². The largest absolute Gasteiger partial charge is 0.469 e. The summed E-state index contributed by atoms with van der Waals surface area (Å²) < 4.78 is 4.77. The molecule has 3 rings (SSSR count). The molecule has 0 amide bonds. The quantitative estimate of drug-likeness (QED) is 0.437. The molecule has 1 saturated heterocycles. The van der Waals surface area contributed by atoms with Gasteiger partial charge in [-0.3, -0.25) is 14.9 Å². The molecule has 28 heavy (non-hydrogen) atoms. The van der Waals surface area contributed by atoms with Crippen molar-refractivity contribution in [2.75, 3.05) is 30.4 Å². The van der Waals surface area contributed by atoms with Crippen LogP contribution in [0.2, 0.25) is 10.0 Å². The second-order valence-corrected chi connectivity index (χ2v) is 6.95. The Labute approximate surface area is 170 Å². The number of esters is 1. The monoisotopic (exact) mass is 425 g/mol. The van der Waals surface area contributed by atoms with E-state index < -0.39 is 4.92 Å². The van der Waals surface area contributed by atoms with E-state index in [0.717, 1.165) is 0 Å². The van der Waals surface area contributed by atoms with Gasteiger partial charge in [-0.15, -0.1) is 0 Å². The van der Waals surface area contributed by atoms with Gasteiger partial charge in [0.25, 0.3) is 0 Å². The molecule has 1 aromatic carbocycles. The van der Waals surface area contributed by atoms with E-state index >= 15 is 0 Å². The highest BCUT2D eigenvalue weighted by atomic mass is 35.5. The smallest absolute Gasteiger partial charge is 0.353 e. The fraction of sp³-hybridized carbons (Fsp3) is 0.353. The zero-order valence-electron chi connectivity index (χ0n) is 14.9. The lowest BCUT2D eigenvalue weighted by molar-refractivity contribution is -0.383. The number of benzene rings is 1. The van der Waals surface area contributed by atoms with E-state index in [0.29, 0.717) is 36.6 Å². The Morgan fingerprint density at radius 3 is 2.68 bits per heavy atom. The van der Waals surface area contributed by atoms with Gasteiger partial charge in [-0.25, -0.2) is 9.97 Å². The number of methoxy groups -OCH3 is 1. The lowest BCUT2D eigenvalue weighted by atomic mass is 9.97. The third kappa shape index (κ3) is 4.10. The minimum Gasteiger partial charge on any atom is -0.469 e. The Balaban J connectivity index is 1.89. The van der Waals surface area contributed by atoms with Gasteiger partial charge in [0.2, 0.25) is 11.6 Å². The Kier molecular flexibility index (Phi) is 6.15. The predicted molar refractivity (Wildman–Crippen MR) is 105 cm³/mol. The summed E-state index contributed by atoms with van der Waals surface area (Å²) in [6, 6.07) is 4.92. The summed E-state index contributed by atoms with van der Waals surface area (Å²) in [6.07, 6.45) is 2.29.